The predicted octanol–water partition coefficient (Wildman–Crippen LogP) is 4.41. The average Bonchev–Trinajstić information content (AvgIpc) is 2.02. The fraction of sp³-hybridized carbons (Fsp3) is 0.923. The van der Waals surface area contributed by atoms with Crippen molar-refractivity contribution in [3.05, 3.63) is 6.92 Å². The van der Waals surface area contributed by atoms with Crippen LogP contribution in [-0.4, -0.2) is 0 Å². The molecule has 0 saturated carbocycles. The van der Waals surface area contributed by atoms with Crippen LogP contribution in [0.3, 0.4) is 0 Å². The molecule has 0 heterocycles. The minimum atomic E-state index is 0.585. The molecule has 0 aromatic heterocycles. The van der Waals surface area contributed by atoms with Crippen LogP contribution >= 0.6 is 0 Å². The van der Waals surface area contributed by atoms with Crippen LogP contribution in [0, 0.1) is 36.5 Å². The second kappa shape index (κ2) is 5.67. The zero-order chi connectivity index (χ0) is 10.6. The van der Waals surface area contributed by atoms with E-state index >= 15 is 0 Å². The Morgan fingerprint density at radius 3 is 1.62 bits per heavy atom. The second-order valence-corrected chi connectivity index (χ2v) is 5.27. The molecule has 0 aliphatic carbocycles. The van der Waals surface area contributed by atoms with Gasteiger partial charge in [0, 0.05) is 0 Å². The maximum absolute atomic E-state index is 4.10. The summed E-state index contributed by atoms with van der Waals surface area (Å²) in [6, 6.07) is 0. The molecule has 4 atom stereocenters. The first-order valence-electron chi connectivity index (χ1n) is 5.69. The minimum absolute atomic E-state index is 0.585. The maximum Gasteiger partial charge on any atom is -0.0394 e. The highest BCUT2D eigenvalue weighted by Gasteiger charge is 2.19. The lowest BCUT2D eigenvalue weighted by Gasteiger charge is -2.27. The van der Waals surface area contributed by atoms with E-state index in [1.807, 2.05) is 0 Å². The Balaban J connectivity index is 3.92. The van der Waals surface area contributed by atoms with Crippen molar-refractivity contribution in [2.24, 2.45) is 29.6 Å². The molecular formula is C13H27. The summed E-state index contributed by atoms with van der Waals surface area (Å²) in [5, 5.41) is 0. The summed E-state index contributed by atoms with van der Waals surface area (Å²) in [5.41, 5.74) is 0. The van der Waals surface area contributed by atoms with Gasteiger partial charge in [-0.2, -0.15) is 0 Å². The van der Waals surface area contributed by atoms with Gasteiger partial charge in [0.25, 0.3) is 0 Å². The Hall–Kier alpha value is 0. The van der Waals surface area contributed by atoms with Crippen LogP contribution in [0.25, 0.3) is 0 Å². The molecule has 0 aromatic carbocycles. The van der Waals surface area contributed by atoms with Crippen LogP contribution in [-0.2, 0) is 0 Å². The Kier molecular flexibility index (Phi) is 5.67. The van der Waals surface area contributed by atoms with Crippen LogP contribution in [0.2, 0.25) is 0 Å². The van der Waals surface area contributed by atoms with Crippen LogP contribution in [0.1, 0.15) is 48.0 Å². The number of hydrogen-bond donors (Lipinski definition) is 0. The number of rotatable bonds is 5. The second-order valence-electron chi connectivity index (χ2n) is 5.27. The molecule has 0 rings (SSSR count). The molecule has 0 aliphatic heterocycles. The fourth-order valence-electron chi connectivity index (χ4n) is 1.69. The van der Waals surface area contributed by atoms with E-state index < -0.39 is 0 Å². The normalized spacial score (nSPS) is 19.2. The lowest BCUT2D eigenvalue weighted by Crippen LogP contribution is -2.18. The summed E-state index contributed by atoms with van der Waals surface area (Å²) in [5.74, 6) is 3.82. The molecule has 0 spiro atoms. The highest BCUT2D eigenvalue weighted by atomic mass is 14.2. The van der Waals surface area contributed by atoms with Gasteiger partial charge in [0.05, 0.1) is 0 Å². The topological polar surface area (TPSA) is 0 Å². The molecule has 0 amide bonds. The first-order chi connectivity index (χ1) is 5.86. The highest BCUT2D eigenvalue weighted by molar-refractivity contribution is 4.71. The smallest absolute Gasteiger partial charge is 0.0394 e. The molecule has 13 heavy (non-hydrogen) atoms. The van der Waals surface area contributed by atoms with Gasteiger partial charge in [-0.15, -0.1) is 0 Å². The molecule has 0 nitrogen and oxygen atoms in total. The standard InChI is InChI=1S/C13H27/c1-9(2)11(5)8-12(6)13(7)10(3)4/h9-13H,1,8H2,2-7H3. The van der Waals surface area contributed by atoms with Gasteiger partial charge in [-0.1, -0.05) is 48.5 Å². The van der Waals surface area contributed by atoms with E-state index in [4.69, 9.17) is 0 Å². The summed E-state index contributed by atoms with van der Waals surface area (Å²) in [4.78, 5) is 0. The van der Waals surface area contributed by atoms with Crippen molar-refractivity contribution in [2.45, 2.75) is 48.0 Å². The first kappa shape index (κ1) is 13.0. The van der Waals surface area contributed by atoms with Crippen LogP contribution in [0.15, 0.2) is 0 Å². The molecule has 4 unspecified atom stereocenters. The number of hydrogen-bond acceptors (Lipinski definition) is 0. The zero-order valence-electron chi connectivity index (χ0n) is 10.3. The Morgan fingerprint density at radius 2 is 1.31 bits per heavy atom. The molecular weight excluding hydrogens is 156 g/mol. The molecule has 0 aliphatic rings. The van der Waals surface area contributed by atoms with Crippen molar-refractivity contribution in [1.29, 1.82) is 0 Å². The molecule has 1 radical (unpaired) electrons. The maximum atomic E-state index is 4.10. The summed E-state index contributed by atoms with van der Waals surface area (Å²) in [6.07, 6.45) is 1.32. The third-order valence-electron chi connectivity index (χ3n) is 3.66. The molecule has 0 aromatic rings. The fourth-order valence-corrected chi connectivity index (χ4v) is 1.69. The Bertz CT molecular complexity index is 124. The van der Waals surface area contributed by atoms with E-state index in [-0.39, 0.29) is 0 Å². The van der Waals surface area contributed by atoms with Gasteiger partial charge < -0.3 is 0 Å². The Morgan fingerprint density at radius 1 is 0.846 bits per heavy atom. The molecule has 0 bridgehead atoms. The van der Waals surface area contributed by atoms with Crippen LogP contribution in [0.5, 0.6) is 0 Å². The van der Waals surface area contributed by atoms with Crippen molar-refractivity contribution in [3.63, 3.8) is 0 Å². The van der Waals surface area contributed by atoms with Gasteiger partial charge in [-0.3, -0.25) is 0 Å². The zero-order valence-corrected chi connectivity index (χ0v) is 10.3. The van der Waals surface area contributed by atoms with Crippen molar-refractivity contribution in [3.8, 4) is 0 Å². The lowest BCUT2D eigenvalue weighted by molar-refractivity contribution is 0.236. The van der Waals surface area contributed by atoms with E-state index in [9.17, 15) is 0 Å². The highest BCUT2D eigenvalue weighted by Crippen LogP contribution is 2.28. The van der Waals surface area contributed by atoms with E-state index in [2.05, 4.69) is 48.5 Å². The SMILES string of the molecule is [CH2]C(C)C(C)CC(C)C(C)C(C)C. The van der Waals surface area contributed by atoms with E-state index in [0.29, 0.717) is 5.92 Å². The van der Waals surface area contributed by atoms with Crippen molar-refractivity contribution in [2.75, 3.05) is 0 Å². The molecule has 0 saturated heterocycles. The molecule has 0 heteroatoms. The van der Waals surface area contributed by atoms with Crippen LogP contribution in [0.4, 0.5) is 0 Å². The average molecular weight is 183 g/mol. The van der Waals surface area contributed by atoms with E-state index in [1.54, 1.807) is 0 Å². The van der Waals surface area contributed by atoms with E-state index in [0.717, 1.165) is 23.7 Å². The summed E-state index contributed by atoms with van der Waals surface area (Å²) in [6.45, 7) is 18.0. The summed E-state index contributed by atoms with van der Waals surface area (Å²) >= 11 is 0. The molecule has 79 valence electrons. The summed E-state index contributed by atoms with van der Waals surface area (Å²) < 4.78 is 0. The quantitative estimate of drug-likeness (QED) is 0.592. The van der Waals surface area contributed by atoms with Gasteiger partial charge in [0.2, 0.25) is 0 Å². The van der Waals surface area contributed by atoms with E-state index in [1.165, 1.54) is 6.42 Å². The molecule has 0 N–H and O–H groups in total. The predicted molar refractivity (Wildman–Crippen MR) is 61.5 cm³/mol. The van der Waals surface area contributed by atoms with Gasteiger partial charge >= 0.3 is 0 Å². The third-order valence-corrected chi connectivity index (χ3v) is 3.66. The Labute approximate surface area is 85.1 Å². The van der Waals surface area contributed by atoms with Crippen molar-refractivity contribution < 1.29 is 0 Å². The van der Waals surface area contributed by atoms with Gasteiger partial charge in [0.15, 0.2) is 0 Å². The largest absolute Gasteiger partial charge is 0.0625 e. The minimum Gasteiger partial charge on any atom is -0.0625 e. The lowest BCUT2D eigenvalue weighted by atomic mass is 9.79. The van der Waals surface area contributed by atoms with Gasteiger partial charge in [-0.25, -0.2) is 0 Å². The molecule has 0 fully saturated rings. The van der Waals surface area contributed by atoms with Crippen LogP contribution < -0.4 is 0 Å². The first-order valence-corrected chi connectivity index (χ1v) is 5.69. The summed E-state index contributed by atoms with van der Waals surface area (Å²) in [7, 11) is 0. The van der Waals surface area contributed by atoms with Crippen molar-refractivity contribution >= 4 is 0 Å². The van der Waals surface area contributed by atoms with Gasteiger partial charge in [0.1, 0.15) is 0 Å². The third kappa shape index (κ3) is 4.69. The van der Waals surface area contributed by atoms with Crippen molar-refractivity contribution in [1.82, 2.24) is 0 Å². The van der Waals surface area contributed by atoms with Gasteiger partial charge in [-0.05, 0) is 36.0 Å². The monoisotopic (exact) mass is 183 g/mol.